The van der Waals surface area contributed by atoms with Gasteiger partial charge in [-0.3, -0.25) is 14.4 Å². The standard InChI is InChI=1S/C63H100O6/c1-4-7-10-13-15-17-19-21-23-24-25-26-27-28-29-30-31-32-33-34-35-36-37-38-40-41-43-45-47-50-53-56-62(65)68-59-60(58-67-61(64)55-52-49-12-9-6-3)69-63(66)57-54-51-48-46-44-42-39-22-20-18-16-14-11-8-5-2/h7-8,10-11,15-18,21-23,25-26,28-29,31-32,34-35,39,44,46,60H,4-6,9,12-14,19-20,24,27,30,33,36-38,40-43,45,47-59H2,1-3H3/b10-7-,11-8-,17-15-,18-16-,23-21-,26-25-,29-28-,32-31-,35-34-,39-22-,46-44-. The SMILES string of the molecule is CC/C=C\C/C=C\C/C=C\C/C=C\C/C=C\C/C=C\C/C=C\CCCCCCCCCCCC(=O)OCC(COC(=O)CCCCCCC)OC(=O)CCCC/C=C\C/C=C\C/C=C\C/C=C\CC. The fourth-order valence-corrected chi connectivity index (χ4v) is 7.06. The molecule has 0 N–H and O–H groups in total. The summed E-state index contributed by atoms with van der Waals surface area (Å²) < 4.78 is 16.6. The van der Waals surface area contributed by atoms with Crippen LogP contribution in [0.15, 0.2) is 134 Å². The van der Waals surface area contributed by atoms with Crippen LogP contribution >= 0.6 is 0 Å². The summed E-state index contributed by atoms with van der Waals surface area (Å²) in [4.78, 5) is 37.7. The minimum Gasteiger partial charge on any atom is -0.462 e. The van der Waals surface area contributed by atoms with Crippen molar-refractivity contribution in [3.63, 3.8) is 0 Å². The molecular weight excluding hydrogens is 853 g/mol. The third-order valence-electron chi connectivity index (χ3n) is 11.2. The van der Waals surface area contributed by atoms with E-state index in [2.05, 4.69) is 154 Å². The van der Waals surface area contributed by atoms with Gasteiger partial charge in [0, 0.05) is 19.3 Å². The van der Waals surface area contributed by atoms with E-state index in [-0.39, 0.29) is 37.5 Å². The number of carbonyl (C=O) groups is 3. The maximum absolute atomic E-state index is 12.7. The molecule has 0 aliphatic rings. The molecule has 0 heterocycles. The zero-order chi connectivity index (χ0) is 50.0. The molecule has 388 valence electrons. The Kier molecular flexibility index (Phi) is 52.5. The zero-order valence-electron chi connectivity index (χ0n) is 44.3. The van der Waals surface area contributed by atoms with Gasteiger partial charge < -0.3 is 14.2 Å². The van der Waals surface area contributed by atoms with Crippen molar-refractivity contribution < 1.29 is 28.6 Å². The molecule has 0 saturated heterocycles. The Hall–Kier alpha value is -4.45. The molecule has 0 saturated carbocycles. The maximum atomic E-state index is 12.7. The Bertz CT molecular complexity index is 1510. The number of unbranched alkanes of at least 4 members (excludes halogenated alkanes) is 15. The van der Waals surface area contributed by atoms with E-state index in [0.29, 0.717) is 19.3 Å². The van der Waals surface area contributed by atoms with Crippen molar-refractivity contribution in [1.29, 1.82) is 0 Å². The number of ether oxygens (including phenoxy) is 3. The Morgan fingerprint density at radius 3 is 0.913 bits per heavy atom. The van der Waals surface area contributed by atoms with E-state index in [4.69, 9.17) is 14.2 Å². The van der Waals surface area contributed by atoms with Crippen molar-refractivity contribution in [3.05, 3.63) is 134 Å². The van der Waals surface area contributed by atoms with Gasteiger partial charge in [-0.15, -0.1) is 0 Å². The summed E-state index contributed by atoms with van der Waals surface area (Å²) in [6, 6.07) is 0. The minimum absolute atomic E-state index is 0.101. The summed E-state index contributed by atoms with van der Waals surface area (Å²) in [6.45, 7) is 6.26. The molecule has 6 nitrogen and oxygen atoms in total. The molecule has 1 unspecified atom stereocenters. The summed E-state index contributed by atoms with van der Waals surface area (Å²) >= 11 is 0. The number of rotatable bonds is 48. The molecule has 0 aromatic rings. The van der Waals surface area contributed by atoms with Gasteiger partial charge in [-0.25, -0.2) is 0 Å². The van der Waals surface area contributed by atoms with Crippen molar-refractivity contribution in [2.75, 3.05) is 13.2 Å². The van der Waals surface area contributed by atoms with Crippen molar-refractivity contribution in [2.45, 2.75) is 232 Å². The molecule has 0 rings (SSSR count). The molecule has 1 atom stereocenters. The van der Waals surface area contributed by atoms with Gasteiger partial charge in [0.2, 0.25) is 0 Å². The molecule has 0 amide bonds. The van der Waals surface area contributed by atoms with Crippen LogP contribution in [-0.4, -0.2) is 37.2 Å². The lowest BCUT2D eigenvalue weighted by atomic mass is 10.1. The fourth-order valence-electron chi connectivity index (χ4n) is 7.06. The topological polar surface area (TPSA) is 78.9 Å². The highest BCUT2D eigenvalue weighted by Crippen LogP contribution is 2.13. The first-order valence-electron chi connectivity index (χ1n) is 27.7. The number of hydrogen-bond acceptors (Lipinski definition) is 6. The molecule has 0 aromatic carbocycles. The van der Waals surface area contributed by atoms with Gasteiger partial charge >= 0.3 is 17.9 Å². The van der Waals surface area contributed by atoms with Crippen molar-refractivity contribution >= 4 is 17.9 Å². The van der Waals surface area contributed by atoms with Crippen LogP contribution in [0.1, 0.15) is 226 Å². The average Bonchev–Trinajstić information content (AvgIpc) is 3.35. The van der Waals surface area contributed by atoms with Gasteiger partial charge in [0.15, 0.2) is 6.10 Å². The smallest absolute Gasteiger partial charge is 0.306 e. The highest BCUT2D eigenvalue weighted by molar-refractivity contribution is 5.71. The maximum Gasteiger partial charge on any atom is 0.306 e. The predicted molar refractivity (Wildman–Crippen MR) is 297 cm³/mol. The molecule has 0 spiro atoms. The molecular formula is C63H100O6. The third kappa shape index (κ3) is 54.4. The lowest BCUT2D eigenvalue weighted by Crippen LogP contribution is -2.30. The van der Waals surface area contributed by atoms with Crippen molar-refractivity contribution in [1.82, 2.24) is 0 Å². The molecule has 0 bridgehead atoms. The Balaban J connectivity index is 4.13. The molecule has 0 fully saturated rings. The third-order valence-corrected chi connectivity index (χ3v) is 11.2. The monoisotopic (exact) mass is 953 g/mol. The van der Waals surface area contributed by atoms with E-state index >= 15 is 0 Å². The van der Waals surface area contributed by atoms with E-state index < -0.39 is 6.10 Å². The predicted octanol–water partition coefficient (Wildman–Crippen LogP) is 18.6. The lowest BCUT2D eigenvalue weighted by molar-refractivity contribution is -0.167. The van der Waals surface area contributed by atoms with Crippen LogP contribution in [0.3, 0.4) is 0 Å². The Morgan fingerprint density at radius 1 is 0.304 bits per heavy atom. The molecule has 6 heteroatoms. The number of allylic oxidation sites excluding steroid dienone is 22. The average molecular weight is 953 g/mol. The van der Waals surface area contributed by atoms with Crippen LogP contribution in [0, 0.1) is 0 Å². The first kappa shape index (κ1) is 64.5. The van der Waals surface area contributed by atoms with Gasteiger partial charge in [0.25, 0.3) is 0 Å². The Morgan fingerprint density at radius 2 is 0.565 bits per heavy atom. The Labute approximate surface area is 424 Å². The largest absolute Gasteiger partial charge is 0.462 e. The van der Waals surface area contributed by atoms with Crippen molar-refractivity contribution in [3.8, 4) is 0 Å². The second-order valence-corrected chi connectivity index (χ2v) is 17.7. The van der Waals surface area contributed by atoms with E-state index in [9.17, 15) is 14.4 Å². The fraction of sp³-hybridized carbons (Fsp3) is 0.603. The first-order chi connectivity index (χ1) is 34.0. The van der Waals surface area contributed by atoms with E-state index in [1.807, 2.05) is 0 Å². The van der Waals surface area contributed by atoms with Crippen molar-refractivity contribution in [2.24, 2.45) is 0 Å². The summed E-state index contributed by atoms with van der Waals surface area (Å²) in [7, 11) is 0. The molecule has 0 aliphatic carbocycles. The summed E-state index contributed by atoms with van der Waals surface area (Å²) in [5.41, 5.74) is 0. The highest BCUT2D eigenvalue weighted by Gasteiger charge is 2.19. The van der Waals surface area contributed by atoms with Gasteiger partial charge in [0.1, 0.15) is 13.2 Å². The zero-order valence-corrected chi connectivity index (χ0v) is 44.3. The second-order valence-electron chi connectivity index (χ2n) is 17.7. The van der Waals surface area contributed by atoms with Crippen LogP contribution in [0.5, 0.6) is 0 Å². The second kappa shape index (κ2) is 56.1. The van der Waals surface area contributed by atoms with Crippen LogP contribution in [0.2, 0.25) is 0 Å². The normalized spacial score (nSPS) is 13.1. The van der Waals surface area contributed by atoms with Crippen LogP contribution < -0.4 is 0 Å². The number of hydrogen-bond donors (Lipinski definition) is 0. The van der Waals surface area contributed by atoms with E-state index in [1.54, 1.807) is 0 Å². The van der Waals surface area contributed by atoms with E-state index in [0.717, 1.165) is 141 Å². The summed E-state index contributed by atoms with van der Waals surface area (Å²) in [6.07, 6.45) is 79.2. The number of esters is 3. The molecule has 0 aliphatic heterocycles. The van der Waals surface area contributed by atoms with Gasteiger partial charge in [-0.1, -0.05) is 225 Å². The van der Waals surface area contributed by atoms with Crippen LogP contribution in [0.25, 0.3) is 0 Å². The minimum atomic E-state index is -0.802. The van der Waals surface area contributed by atoms with E-state index in [1.165, 1.54) is 38.5 Å². The summed E-state index contributed by atoms with van der Waals surface area (Å²) in [5.74, 6) is -0.971. The lowest BCUT2D eigenvalue weighted by Gasteiger charge is -2.18. The quantitative estimate of drug-likeness (QED) is 0.0262. The van der Waals surface area contributed by atoms with Crippen LogP contribution in [0.4, 0.5) is 0 Å². The van der Waals surface area contributed by atoms with Gasteiger partial charge in [0.05, 0.1) is 0 Å². The molecule has 69 heavy (non-hydrogen) atoms. The highest BCUT2D eigenvalue weighted by atomic mass is 16.6. The van der Waals surface area contributed by atoms with Crippen LogP contribution in [-0.2, 0) is 28.6 Å². The molecule has 0 aromatic heterocycles. The summed E-state index contributed by atoms with van der Waals surface area (Å²) in [5, 5.41) is 0. The number of carbonyl (C=O) groups excluding carboxylic acids is 3. The molecule has 0 radical (unpaired) electrons. The first-order valence-corrected chi connectivity index (χ1v) is 27.7. The van der Waals surface area contributed by atoms with Gasteiger partial charge in [-0.2, -0.15) is 0 Å². The van der Waals surface area contributed by atoms with Gasteiger partial charge in [-0.05, 0) is 116 Å².